The first-order valence-electron chi connectivity index (χ1n) is 7.20. The number of hydrogen-bond acceptors (Lipinski definition) is 7. The molecule has 0 atom stereocenters. The van der Waals surface area contributed by atoms with Gasteiger partial charge < -0.3 is 29.8 Å². The molecule has 7 nitrogen and oxygen atoms in total. The third kappa shape index (κ3) is 6.18. The second-order valence-corrected chi connectivity index (χ2v) is 8.88. The maximum atomic E-state index is 10.3. The van der Waals surface area contributed by atoms with Crippen LogP contribution in [0.2, 0.25) is 20.1 Å². The lowest BCUT2D eigenvalue weighted by atomic mass is 9.77. The molecule has 0 bridgehead atoms. The molecule has 0 aliphatic carbocycles. The van der Waals surface area contributed by atoms with Gasteiger partial charge >= 0.3 is 17.2 Å². The molecule has 0 saturated carbocycles. The number of benzene rings is 2. The zero-order valence-electron chi connectivity index (χ0n) is 14.3. The SMILES string of the molecule is CC(C)(c1ccccc1O)c1c(O)c(Cl)c(Cl)c(Cl)c1Cl.OP(O)OP(O)O. The summed E-state index contributed by atoms with van der Waals surface area (Å²) in [6.45, 7) is 3.59. The molecule has 28 heavy (non-hydrogen) atoms. The van der Waals surface area contributed by atoms with Crippen molar-refractivity contribution in [3.63, 3.8) is 0 Å². The maximum absolute atomic E-state index is 10.3. The molecular weight excluding hydrogens is 496 g/mol. The third-order valence-corrected chi connectivity index (χ3v) is 6.55. The molecule has 0 saturated heterocycles. The van der Waals surface area contributed by atoms with Crippen LogP contribution < -0.4 is 0 Å². The number of hydrogen-bond donors (Lipinski definition) is 6. The topological polar surface area (TPSA) is 131 Å². The molecule has 0 spiro atoms. The molecule has 156 valence electrons. The minimum atomic E-state index is -2.61. The lowest BCUT2D eigenvalue weighted by Gasteiger charge is -2.29. The summed E-state index contributed by atoms with van der Waals surface area (Å²) in [6, 6.07) is 6.78. The standard InChI is InChI=1S/C15H12Cl4O2.H4O5P2/c1-15(2,7-5-3-4-6-8(7)20)9-10(16)11(17)12(18)13(19)14(9)21;1-6(2)5-7(3)4/h3-6,20-21H,1-2H3;1-4H. The average molecular weight is 512 g/mol. The lowest BCUT2D eigenvalue weighted by molar-refractivity contribution is 0.324. The minimum Gasteiger partial charge on any atom is -0.508 e. The quantitative estimate of drug-likeness (QED) is 0.182. The molecule has 0 amide bonds. The summed E-state index contributed by atoms with van der Waals surface area (Å²) < 4.78 is 3.60. The highest BCUT2D eigenvalue weighted by Gasteiger charge is 2.34. The van der Waals surface area contributed by atoms with E-state index in [2.05, 4.69) is 4.31 Å². The van der Waals surface area contributed by atoms with Gasteiger partial charge in [-0.1, -0.05) is 78.5 Å². The molecule has 6 N–H and O–H groups in total. The molecule has 2 aromatic rings. The summed E-state index contributed by atoms with van der Waals surface area (Å²) >= 11 is 24.3. The van der Waals surface area contributed by atoms with Gasteiger partial charge in [0.05, 0.1) is 15.1 Å². The van der Waals surface area contributed by atoms with Crippen molar-refractivity contribution in [3.8, 4) is 11.5 Å². The van der Waals surface area contributed by atoms with E-state index in [4.69, 9.17) is 66.0 Å². The van der Waals surface area contributed by atoms with Crippen molar-refractivity contribution in [2.24, 2.45) is 0 Å². The molecule has 0 aliphatic rings. The van der Waals surface area contributed by atoms with Crippen molar-refractivity contribution in [2.45, 2.75) is 19.3 Å². The Morgan fingerprint density at radius 2 is 1.25 bits per heavy atom. The molecule has 2 aromatic carbocycles. The van der Waals surface area contributed by atoms with Crippen molar-refractivity contribution in [2.75, 3.05) is 0 Å². The minimum absolute atomic E-state index is 0.00216. The highest BCUT2D eigenvalue weighted by molar-refractivity contribution is 7.53. The number of phenolic OH excluding ortho intramolecular Hbond substituents is 2. The normalized spacial score (nSPS) is 11.6. The van der Waals surface area contributed by atoms with Crippen LogP contribution in [0.4, 0.5) is 0 Å². The number of halogens is 4. The fraction of sp³-hybridized carbons (Fsp3) is 0.200. The summed E-state index contributed by atoms with van der Waals surface area (Å²) in [4.78, 5) is 31.3. The number of para-hydroxylation sites is 1. The zero-order chi connectivity index (χ0) is 21.8. The summed E-state index contributed by atoms with van der Waals surface area (Å²) in [7, 11) is -5.22. The second kappa shape index (κ2) is 10.8. The molecule has 0 fully saturated rings. The van der Waals surface area contributed by atoms with Crippen molar-refractivity contribution in [3.05, 3.63) is 55.5 Å². The average Bonchev–Trinajstić information content (AvgIpc) is 2.57. The van der Waals surface area contributed by atoms with Crippen LogP contribution in [0.5, 0.6) is 11.5 Å². The van der Waals surface area contributed by atoms with E-state index >= 15 is 0 Å². The Hall–Kier alpha value is -0.140. The van der Waals surface area contributed by atoms with Crippen LogP contribution in [-0.2, 0) is 9.73 Å². The van der Waals surface area contributed by atoms with Crippen LogP contribution in [0, 0.1) is 0 Å². The lowest BCUT2D eigenvalue weighted by Crippen LogP contribution is -2.20. The van der Waals surface area contributed by atoms with E-state index in [1.807, 2.05) is 0 Å². The largest absolute Gasteiger partial charge is 0.508 e. The summed E-state index contributed by atoms with van der Waals surface area (Å²) in [5.41, 5.74) is 0.0615. The highest BCUT2D eigenvalue weighted by Crippen LogP contribution is 2.52. The van der Waals surface area contributed by atoms with Crippen molar-refractivity contribution < 1.29 is 34.1 Å². The Kier molecular flexibility index (Phi) is 9.95. The fourth-order valence-electron chi connectivity index (χ4n) is 2.39. The van der Waals surface area contributed by atoms with Gasteiger partial charge in [0.1, 0.15) is 16.5 Å². The van der Waals surface area contributed by atoms with Crippen molar-refractivity contribution in [1.29, 1.82) is 0 Å². The van der Waals surface area contributed by atoms with Crippen molar-refractivity contribution >= 4 is 63.6 Å². The van der Waals surface area contributed by atoms with E-state index in [1.165, 1.54) is 0 Å². The predicted molar refractivity (Wildman–Crippen MR) is 112 cm³/mol. The van der Waals surface area contributed by atoms with Gasteiger partial charge in [-0.15, -0.1) is 0 Å². The van der Waals surface area contributed by atoms with E-state index in [0.717, 1.165) is 0 Å². The maximum Gasteiger partial charge on any atom is 0.334 e. The zero-order valence-corrected chi connectivity index (χ0v) is 19.1. The summed E-state index contributed by atoms with van der Waals surface area (Å²) in [6.07, 6.45) is 0. The van der Waals surface area contributed by atoms with Gasteiger partial charge in [-0.3, -0.25) is 0 Å². The van der Waals surface area contributed by atoms with Crippen LogP contribution >= 0.6 is 63.6 Å². The van der Waals surface area contributed by atoms with Gasteiger partial charge in [0.2, 0.25) is 0 Å². The third-order valence-electron chi connectivity index (χ3n) is 3.59. The Balaban J connectivity index is 0.000000480. The van der Waals surface area contributed by atoms with Gasteiger partial charge in [0.25, 0.3) is 0 Å². The van der Waals surface area contributed by atoms with Crippen LogP contribution in [0.15, 0.2) is 24.3 Å². The molecule has 0 aliphatic heterocycles. The summed E-state index contributed by atoms with van der Waals surface area (Å²) in [5, 5.41) is 20.5. The monoisotopic (exact) mass is 510 g/mol. The first-order valence-corrected chi connectivity index (χ1v) is 11.0. The van der Waals surface area contributed by atoms with Gasteiger partial charge in [-0.05, 0) is 6.07 Å². The Morgan fingerprint density at radius 1 is 0.786 bits per heavy atom. The van der Waals surface area contributed by atoms with Gasteiger partial charge in [-0.2, -0.15) is 0 Å². The molecule has 0 radical (unpaired) electrons. The van der Waals surface area contributed by atoms with E-state index in [-0.39, 0.29) is 31.6 Å². The highest BCUT2D eigenvalue weighted by atomic mass is 35.5. The first-order chi connectivity index (χ1) is 12.8. The van der Waals surface area contributed by atoms with E-state index in [9.17, 15) is 10.2 Å². The molecule has 2 rings (SSSR count). The smallest absolute Gasteiger partial charge is 0.334 e. The van der Waals surface area contributed by atoms with Crippen LogP contribution in [0.1, 0.15) is 25.0 Å². The number of aromatic hydroxyl groups is 2. The van der Waals surface area contributed by atoms with Gasteiger partial charge in [-0.25, -0.2) is 4.31 Å². The molecule has 0 aromatic heterocycles. The first kappa shape index (κ1) is 25.9. The van der Waals surface area contributed by atoms with Crippen LogP contribution in [-0.4, -0.2) is 29.8 Å². The molecular formula is C15H16Cl4O7P2. The summed E-state index contributed by atoms with van der Waals surface area (Å²) in [5.74, 6) is -0.163. The Labute approximate surface area is 183 Å². The Bertz CT molecular complexity index is 799. The fourth-order valence-corrected chi connectivity index (χ4v) is 3.99. The number of phenols is 2. The molecule has 0 heterocycles. The van der Waals surface area contributed by atoms with Crippen LogP contribution in [0.25, 0.3) is 0 Å². The van der Waals surface area contributed by atoms with E-state index in [0.29, 0.717) is 11.1 Å². The van der Waals surface area contributed by atoms with E-state index < -0.39 is 22.6 Å². The van der Waals surface area contributed by atoms with E-state index in [1.54, 1.807) is 38.1 Å². The number of rotatable bonds is 4. The second-order valence-electron chi connectivity index (χ2n) is 5.71. The Morgan fingerprint density at radius 3 is 1.68 bits per heavy atom. The predicted octanol–water partition coefficient (Wildman–Crippen LogP) is 5.46. The van der Waals surface area contributed by atoms with Crippen LogP contribution in [0.3, 0.4) is 0 Å². The van der Waals surface area contributed by atoms with Crippen molar-refractivity contribution in [1.82, 2.24) is 0 Å². The molecule has 0 unspecified atom stereocenters. The van der Waals surface area contributed by atoms with Gasteiger partial charge in [0, 0.05) is 16.5 Å². The molecule has 13 heteroatoms. The van der Waals surface area contributed by atoms with Gasteiger partial charge in [0.15, 0.2) is 0 Å².